The molecule has 90 valence electrons. The zero-order chi connectivity index (χ0) is 12.1. The SMILES string of the molecule is C[C@@H](CN)NCc1cnn(-c2ccccc2)c1. The van der Waals surface area contributed by atoms with Crippen molar-refractivity contribution in [1.82, 2.24) is 15.1 Å². The van der Waals surface area contributed by atoms with Crippen LogP contribution in [0.1, 0.15) is 12.5 Å². The zero-order valence-corrected chi connectivity index (χ0v) is 10.0. The third-order valence-electron chi connectivity index (χ3n) is 2.67. The Hall–Kier alpha value is -1.65. The van der Waals surface area contributed by atoms with Crippen LogP contribution in [-0.2, 0) is 6.54 Å². The molecule has 2 aromatic rings. The smallest absolute Gasteiger partial charge is 0.0645 e. The van der Waals surface area contributed by atoms with Gasteiger partial charge in [0.25, 0.3) is 0 Å². The number of nitrogens with zero attached hydrogens (tertiary/aromatic N) is 2. The molecular formula is C13H18N4. The van der Waals surface area contributed by atoms with Crippen molar-refractivity contribution in [3.63, 3.8) is 0 Å². The summed E-state index contributed by atoms with van der Waals surface area (Å²) in [6.07, 6.45) is 3.91. The molecule has 0 saturated carbocycles. The molecule has 1 aromatic carbocycles. The minimum absolute atomic E-state index is 0.329. The Morgan fingerprint density at radius 1 is 1.35 bits per heavy atom. The van der Waals surface area contributed by atoms with Gasteiger partial charge in [-0.15, -0.1) is 0 Å². The second kappa shape index (κ2) is 5.61. The highest BCUT2D eigenvalue weighted by molar-refractivity contribution is 5.30. The van der Waals surface area contributed by atoms with Gasteiger partial charge < -0.3 is 11.1 Å². The van der Waals surface area contributed by atoms with E-state index in [1.807, 2.05) is 47.4 Å². The fraction of sp³-hybridized carbons (Fsp3) is 0.308. The fourth-order valence-corrected chi connectivity index (χ4v) is 1.55. The fourth-order valence-electron chi connectivity index (χ4n) is 1.55. The van der Waals surface area contributed by atoms with E-state index in [0.29, 0.717) is 12.6 Å². The number of hydrogen-bond acceptors (Lipinski definition) is 3. The van der Waals surface area contributed by atoms with Crippen LogP contribution < -0.4 is 11.1 Å². The zero-order valence-electron chi connectivity index (χ0n) is 10.0. The van der Waals surface area contributed by atoms with Gasteiger partial charge in [-0.05, 0) is 19.1 Å². The lowest BCUT2D eigenvalue weighted by molar-refractivity contribution is 0.556. The van der Waals surface area contributed by atoms with Crippen molar-refractivity contribution in [2.24, 2.45) is 5.73 Å². The van der Waals surface area contributed by atoms with Gasteiger partial charge in [0.05, 0.1) is 11.9 Å². The molecule has 4 nitrogen and oxygen atoms in total. The van der Waals surface area contributed by atoms with Crippen molar-refractivity contribution in [2.45, 2.75) is 19.5 Å². The van der Waals surface area contributed by atoms with Gasteiger partial charge in [0.2, 0.25) is 0 Å². The summed E-state index contributed by atoms with van der Waals surface area (Å²) in [4.78, 5) is 0. The minimum atomic E-state index is 0.329. The van der Waals surface area contributed by atoms with Gasteiger partial charge in [-0.2, -0.15) is 5.10 Å². The second-order valence-corrected chi connectivity index (χ2v) is 4.15. The van der Waals surface area contributed by atoms with Crippen LogP contribution in [0.25, 0.3) is 5.69 Å². The Labute approximate surface area is 101 Å². The predicted molar refractivity (Wildman–Crippen MR) is 68.9 cm³/mol. The molecule has 1 aromatic heterocycles. The van der Waals surface area contributed by atoms with Gasteiger partial charge >= 0.3 is 0 Å². The maximum Gasteiger partial charge on any atom is 0.0645 e. The van der Waals surface area contributed by atoms with Gasteiger partial charge in [-0.25, -0.2) is 4.68 Å². The van der Waals surface area contributed by atoms with Crippen LogP contribution in [0.15, 0.2) is 42.7 Å². The molecule has 3 N–H and O–H groups in total. The molecular weight excluding hydrogens is 212 g/mol. The molecule has 17 heavy (non-hydrogen) atoms. The van der Waals surface area contributed by atoms with E-state index in [9.17, 15) is 0 Å². The first-order chi connectivity index (χ1) is 8.29. The summed E-state index contributed by atoms with van der Waals surface area (Å²) < 4.78 is 1.88. The molecule has 0 radical (unpaired) electrons. The van der Waals surface area contributed by atoms with E-state index in [0.717, 1.165) is 17.8 Å². The second-order valence-electron chi connectivity index (χ2n) is 4.15. The van der Waals surface area contributed by atoms with E-state index in [4.69, 9.17) is 5.73 Å². The molecule has 0 spiro atoms. The number of nitrogens with one attached hydrogen (secondary N) is 1. The number of hydrogen-bond donors (Lipinski definition) is 2. The van der Waals surface area contributed by atoms with Crippen molar-refractivity contribution in [1.29, 1.82) is 0 Å². The molecule has 0 aliphatic carbocycles. The molecule has 0 bridgehead atoms. The largest absolute Gasteiger partial charge is 0.329 e. The van der Waals surface area contributed by atoms with Crippen molar-refractivity contribution in [2.75, 3.05) is 6.54 Å². The number of rotatable bonds is 5. The molecule has 4 heteroatoms. The molecule has 0 aliphatic heterocycles. The lowest BCUT2D eigenvalue weighted by Gasteiger charge is -2.09. The summed E-state index contributed by atoms with van der Waals surface area (Å²) in [5.41, 5.74) is 7.79. The van der Waals surface area contributed by atoms with Crippen molar-refractivity contribution >= 4 is 0 Å². The normalized spacial score (nSPS) is 12.6. The predicted octanol–water partition coefficient (Wildman–Crippen LogP) is 1.31. The first kappa shape index (κ1) is 11.8. The summed E-state index contributed by atoms with van der Waals surface area (Å²) in [5, 5.41) is 7.67. The maximum absolute atomic E-state index is 5.55. The highest BCUT2D eigenvalue weighted by atomic mass is 15.3. The average Bonchev–Trinajstić information content (AvgIpc) is 2.86. The average molecular weight is 230 g/mol. The molecule has 1 atom stereocenters. The maximum atomic E-state index is 5.55. The number of para-hydroxylation sites is 1. The van der Waals surface area contributed by atoms with Crippen LogP contribution in [0, 0.1) is 0 Å². The summed E-state index contributed by atoms with van der Waals surface area (Å²) in [5.74, 6) is 0. The highest BCUT2D eigenvalue weighted by Crippen LogP contribution is 2.07. The van der Waals surface area contributed by atoms with E-state index >= 15 is 0 Å². The van der Waals surface area contributed by atoms with Gasteiger partial charge in [0, 0.05) is 30.9 Å². The van der Waals surface area contributed by atoms with E-state index < -0.39 is 0 Å². The molecule has 0 saturated heterocycles. The lowest BCUT2D eigenvalue weighted by atomic mass is 10.3. The van der Waals surface area contributed by atoms with Crippen LogP contribution in [0.3, 0.4) is 0 Å². The van der Waals surface area contributed by atoms with E-state index in [-0.39, 0.29) is 0 Å². The van der Waals surface area contributed by atoms with Gasteiger partial charge in [0.1, 0.15) is 0 Å². The molecule has 0 unspecified atom stereocenters. The summed E-state index contributed by atoms with van der Waals surface area (Å²) in [6.45, 7) is 3.51. The van der Waals surface area contributed by atoms with Gasteiger partial charge in [0.15, 0.2) is 0 Å². The Bertz CT molecular complexity index is 449. The Balaban J connectivity index is 2.01. The summed E-state index contributed by atoms with van der Waals surface area (Å²) in [7, 11) is 0. The number of aromatic nitrogens is 2. The van der Waals surface area contributed by atoms with Crippen molar-refractivity contribution in [3.05, 3.63) is 48.3 Å². The molecule has 0 aliphatic rings. The van der Waals surface area contributed by atoms with Crippen molar-refractivity contribution in [3.8, 4) is 5.69 Å². The third kappa shape index (κ3) is 3.15. The minimum Gasteiger partial charge on any atom is -0.329 e. The van der Waals surface area contributed by atoms with Crippen LogP contribution in [0.5, 0.6) is 0 Å². The summed E-state index contributed by atoms with van der Waals surface area (Å²) in [6, 6.07) is 10.4. The molecule has 2 rings (SSSR count). The lowest BCUT2D eigenvalue weighted by Crippen LogP contribution is -2.32. The highest BCUT2D eigenvalue weighted by Gasteiger charge is 2.02. The first-order valence-corrected chi connectivity index (χ1v) is 5.82. The van der Waals surface area contributed by atoms with Gasteiger partial charge in [-0.1, -0.05) is 18.2 Å². The monoisotopic (exact) mass is 230 g/mol. The van der Waals surface area contributed by atoms with Crippen LogP contribution >= 0.6 is 0 Å². The van der Waals surface area contributed by atoms with E-state index in [1.165, 1.54) is 0 Å². The Morgan fingerprint density at radius 2 is 2.12 bits per heavy atom. The Kier molecular flexibility index (Phi) is 3.90. The quantitative estimate of drug-likeness (QED) is 0.814. The third-order valence-corrected chi connectivity index (χ3v) is 2.67. The first-order valence-electron chi connectivity index (χ1n) is 5.82. The van der Waals surface area contributed by atoms with Crippen LogP contribution in [0.4, 0.5) is 0 Å². The van der Waals surface area contributed by atoms with Crippen LogP contribution in [0.2, 0.25) is 0 Å². The molecule has 1 heterocycles. The number of benzene rings is 1. The number of nitrogens with two attached hydrogens (primary N) is 1. The molecule has 0 fully saturated rings. The van der Waals surface area contributed by atoms with Crippen molar-refractivity contribution < 1.29 is 0 Å². The Morgan fingerprint density at radius 3 is 2.82 bits per heavy atom. The molecule has 0 amide bonds. The standard InChI is InChI=1S/C13H18N4/c1-11(7-14)15-8-12-9-16-17(10-12)13-5-3-2-4-6-13/h2-6,9-11,15H,7-8,14H2,1H3/t11-/m0/s1. The topological polar surface area (TPSA) is 55.9 Å². The summed E-state index contributed by atoms with van der Waals surface area (Å²) >= 11 is 0. The van der Waals surface area contributed by atoms with E-state index in [1.54, 1.807) is 0 Å². The van der Waals surface area contributed by atoms with Crippen LogP contribution in [-0.4, -0.2) is 22.4 Å². The van der Waals surface area contributed by atoms with Gasteiger partial charge in [-0.3, -0.25) is 0 Å². The van der Waals surface area contributed by atoms with E-state index in [2.05, 4.69) is 17.3 Å².